The first-order valence-electron chi connectivity index (χ1n) is 10.5. The van der Waals surface area contributed by atoms with E-state index in [1.54, 1.807) is 23.2 Å². The third kappa shape index (κ3) is 5.05. The molecule has 2 aromatic rings. The number of halogens is 3. The third-order valence-corrected chi connectivity index (χ3v) is 6.78. The van der Waals surface area contributed by atoms with Crippen LogP contribution in [0, 0.1) is 0 Å². The van der Waals surface area contributed by atoms with Crippen molar-refractivity contribution >= 4 is 58.6 Å². The number of hydrogen-bond acceptors (Lipinski definition) is 6. The number of nitrogens with one attached hydrogen (secondary N) is 1. The summed E-state index contributed by atoms with van der Waals surface area (Å²) in [6, 6.07) is 4.56. The minimum atomic E-state index is -1.05. The summed E-state index contributed by atoms with van der Waals surface area (Å²) < 4.78 is 0. The van der Waals surface area contributed by atoms with Crippen LogP contribution in [0.15, 0.2) is 24.4 Å². The van der Waals surface area contributed by atoms with Gasteiger partial charge in [0, 0.05) is 42.8 Å². The van der Waals surface area contributed by atoms with Crippen LogP contribution in [0.4, 0.5) is 16.6 Å². The van der Waals surface area contributed by atoms with E-state index in [9.17, 15) is 9.59 Å². The van der Waals surface area contributed by atoms with Gasteiger partial charge in [0.15, 0.2) is 5.82 Å². The van der Waals surface area contributed by atoms with Crippen LogP contribution in [0.3, 0.4) is 0 Å². The van der Waals surface area contributed by atoms with Gasteiger partial charge in [-0.05, 0) is 31.0 Å². The summed E-state index contributed by atoms with van der Waals surface area (Å²) >= 11 is 18.6. The maximum absolute atomic E-state index is 12.7. The van der Waals surface area contributed by atoms with Gasteiger partial charge >= 0.3 is 6.09 Å². The smallest absolute Gasteiger partial charge is 0.407 e. The van der Waals surface area contributed by atoms with Crippen molar-refractivity contribution in [1.82, 2.24) is 19.8 Å². The lowest BCUT2D eigenvalue weighted by atomic mass is 10.0. The first-order chi connectivity index (χ1) is 15.7. The van der Waals surface area contributed by atoms with Crippen LogP contribution in [0.25, 0.3) is 0 Å². The zero-order chi connectivity index (χ0) is 23.7. The number of amides is 2. The molecule has 1 unspecified atom stereocenters. The lowest BCUT2D eigenvalue weighted by Crippen LogP contribution is -2.61. The molecule has 2 aliphatic heterocycles. The van der Waals surface area contributed by atoms with E-state index in [0.717, 1.165) is 5.56 Å². The predicted octanol–water partition coefficient (Wildman–Crippen LogP) is 4.01. The second-order valence-corrected chi connectivity index (χ2v) is 9.24. The molecule has 2 atom stereocenters. The van der Waals surface area contributed by atoms with Crippen molar-refractivity contribution in [2.45, 2.75) is 25.4 Å². The molecule has 2 fully saturated rings. The van der Waals surface area contributed by atoms with Gasteiger partial charge in [-0.15, -0.1) is 0 Å². The number of carbonyl (C=O) groups excluding carboxylic acids is 1. The summed E-state index contributed by atoms with van der Waals surface area (Å²) in [5.41, 5.74) is 0.857. The van der Waals surface area contributed by atoms with E-state index in [1.807, 2.05) is 17.9 Å². The maximum atomic E-state index is 12.7. The Morgan fingerprint density at radius 2 is 1.85 bits per heavy atom. The molecule has 0 aliphatic carbocycles. The van der Waals surface area contributed by atoms with E-state index >= 15 is 0 Å². The standard InChI is InChI=1S/C21H23Cl3N6O3/c1-12(14-3-2-13(22)10-15(14)23)26-18-16(24)11-25-20(27-18)29-8-6-28(7-9-29)19(31)17-4-5-30(17)21(32)33/h2-3,10-12,17H,4-9H2,1H3,(H,32,33)(H,25,26,27)/t12-,17?/m1/s1. The van der Waals surface area contributed by atoms with Gasteiger partial charge in [-0.25, -0.2) is 9.78 Å². The summed E-state index contributed by atoms with van der Waals surface area (Å²) in [6.45, 7) is 4.34. The first-order valence-corrected chi connectivity index (χ1v) is 11.7. The molecule has 2 N–H and O–H groups in total. The van der Waals surface area contributed by atoms with Gasteiger partial charge in [0.25, 0.3) is 0 Å². The highest BCUT2D eigenvalue weighted by molar-refractivity contribution is 6.35. The molecule has 1 aromatic carbocycles. The van der Waals surface area contributed by atoms with Crippen LogP contribution < -0.4 is 10.2 Å². The van der Waals surface area contributed by atoms with E-state index in [-0.39, 0.29) is 11.9 Å². The Kier molecular flexibility index (Phi) is 7.02. The summed E-state index contributed by atoms with van der Waals surface area (Å²) in [7, 11) is 0. The number of nitrogens with zero attached hydrogens (tertiary/aromatic N) is 5. The molecule has 3 heterocycles. The van der Waals surface area contributed by atoms with Crippen LogP contribution in [-0.2, 0) is 4.79 Å². The van der Waals surface area contributed by atoms with Gasteiger partial charge in [-0.1, -0.05) is 40.9 Å². The number of carboxylic acid groups (broad SMARTS) is 1. The Bertz CT molecular complexity index is 1060. The highest BCUT2D eigenvalue weighted by Gasteiger charge is 2.40. The lowest BCUT2D eigenvalue weighted by molar-refractivity contribution is -0.140. The fourth-order valence-corrected chi connectivity index (χ4v) is 4.68. The zero-order valence-corrected chi connectivity index (χ0v) is 20.1. The molecule has 0 spiro atoms. The molecule has 2 saturated heterocycles. The number of rotatable bonds is 5. The molecule has 0 saturated carbocycles. The topological polar surface area (TPSA) is 102 Å². The summed E-state index contributed by atoms with van der Waals surface area (Å²) in [5.74, 6) is 0.834. The Morgan fingerprint density at radius 1 is 1.12 bits per heavy atom. The van der Waals surface area contributed by atoms with Crippen molar-refractivity contribution in [1.29, 1.82) is 0 Å². The molecule has 1 aromatic heterocycles. The van der Waals surface area contributed by atoms with Crippen molar-refractivity contribution in [3.63, 3.8) is 0 Å². The maximum Gasteiger partial charge on any atom is 0.407 e. The largest absolute Gasteiger partial charge is 0.465 e. The van der Waals surface area contributed by atoms with E-state index in [2.05, 4.69) is 15.3 Å². The average molecular weight is 514 g/mol. The normalized spacial score (nSPS) is 19.2. The number of benzene rings is 1. The Labute approximate surface area is 206 Å². The minimum absolute atomic E-state index is 0.142. The molecule has 12 heteroatoms. The van der Waals surface area contributed by atoms with E-state index < -0.39 is 12.1 Å². The van der Waals surface area contributed by atoms with Gasteiger partial charge in [-0.2, -0.15) is 4.98 Å². The van der Waals surface area contributed by atoms with Crippen molar-refractivity contribution in [3.05, 3.63) is 45.0 Å². The van der Waals surface area contributed by atoms with Gasteiger partial charge in [0.2, 0.25) is 11.9 Å². The molecule has 176 valence electrons. The summed E-state index contributed by atoms with van der Waals surface area (Å²) in [6.07, 6.45) is 1.05. The quantitative estimate of drug-likeness (QED) is 0.623. The molecular formula is C21H23Cl3N6O3. The Hall–Kier alpha value is -2.49. The van der Waals surface area contributed by atoms with Crippen molar-refractivity contribution in [3.8, 4) is 0 Å². The van der Waals surface area contributed by atoms with Gasteiger partial charge in [0.05, 0.1) is 12.2 Å². The van der Waals surface area contributed by atoms with Crippen molar-refractivity contribution in [2.24, 2.45) is 0 Å². The summed E-state index contributed by atoms with van der Waals surface area (Å²) in [4.78, 5) is 37.6. The minimum Gasteiger partial charge on any atom is -0.465 e. The fraction of sp³-hybridized carbons (Fsp3) is 0.429. The van der Waals surface area contributed by atoms with E-state index in [0.29, 0.717) is 66.0 Å². The fourth-order valence-electron chi connectivity index (χ4n) is 3.96. The Morgan fingerprint density at radius 3 is 2.45 bits per heavy atom. The highest BCUT2D eigenvalue weighted by atomic mass is 35.5. The number of likely N-dealkylation sites (tertiary alicyclic amines) is 1. The lowest BCUT2D eigenvalue weighted by Gasteiger charge is -2.42. The first kappa shape index (κ1) is 23.7. The van der Waals surface area contributed by atoms with Gasteiger partial charge < -0.3 is 20.2 Å². The van der Waals surface area contributed by atoms with Gasteiger partial charge in [0.1, 0.15) is 11.1 Å². The van der Waals surface area contributed by atoms with Crippen molar-refractivity contribution < 1.29 is 14.7 Å². The third-order valence-electron chi connectivity index (χ3n) is 5.94. The molecular weight excluding hydrogens is 491 g/mol. The number of carbonyl (C=O) groups is 2. The van der Waals surface area contributed by atoms with Crippen LogP contribution in [0.2, 0.25) is 15.1 Å². The molecule has 9 nitrogen and oxygen atoms in total. The van der Waals surface area contributed by atoms with Crippen LogP contribution >= 0.6 is 34.8 Å². The number of anilines is 2. The highest BCUT2D eigenvalue weighted by Crippen LogP contribution is 2.31. The van der Waals surface area contributed by atoms with E-state index in [4.69, 9.17) is 39.9 Å². The monoisotopic (exact) mass is 512 g/mol. The van der Waals surface area contributed by atoms with Crippen LogP contribution in [0.1, 0.15) is 24.9 Å². The second-order valence-electron chi connectivity index (χ2n) is 7.99. The molecule has 2 amide bonds. The van der Waals surface area contributed by atoms with Crippen LogP contribution in [-0.4, -0.2) is 75.6 Å². The zero-order valence-electron chi connectivity index (χ0n) is 17.8. The summed E-state index contributed by atoms with van der Waals surface area (Å²) in [5, 5.41) is 13.9. The Balaban J connectivity index is 1.40. The molecule has 0 bridgehead atoms. The molecule has 4 rings (SSSR count). The van der Waals surface area contributed by atoms with E-state index in [1.165, 1.54) is 4.90 Å². The molecule has 2 aliphatic rings. The number of piperazine rings is 1. The number of aromatic nitrogens is 2. The molecule has 33 heavy (non-hydrogen) atoms. The second kappa shape index (κ2) is 9.79. The SMILES string of the molecule is C[C@@H](Nc1nc(N2CCN(C(=O)C3CCN3C(=O)O)CC2)ncc1Cl)c1ccc(Cl)cc1Cl. The van der Waals surface area contributed by atoms with Gasteiger partial charge in [-0.3, -0.25) is 9.69 Å². The van der Waals surface area contributed by atoms with Crippen molar-refractivity contribution in [2.75, 3.05) is 42.9 Å². The molecule has 0 radical (unpaired) electrons. The van der Waals surface area contributed by atoms with Crippen LogP contribution in [0.5, 0.6) is 0 Å². The number of hydrogen-bond donors (Lipinski definition) is 2. The average Bonchev–Trinajstić information content (AvgIpc) is 2.74. The predicted molar refractivity (Wildman–Crippen MR) is 127 cm³/mol.